The average Bonchev–Trinajstić information content (AvgIpc) is 3.73. The van der Waals surface area contributed by atoms with E-state index in [2.05, 4.69) is 47.3 Å². The number of piperazine rings is 2. The minimum atomic E-state index is -0.0760. The molecule has 0 spiro atoms. The minimum absolute atomic E-state index is 0.0742. The molecule has 8 rings (SSSR count). The molecule has 6 aromatic heterocycles. The van der Waals surface area contributed by atoms with E-state index in [1.807, 2.05) is 61.3 Å². The molecule has 47 heavy (non-hydrogen) atoms. The molecule has 2 aliphatic heterocycles. The smallest absolute Gasteiger partial charge is 0.258 e. The van der Waals surface area contributed by atoms with E-state index in [0.717, 1.165) is 78.6 Å². The molecule has 242 valence electrons. The van der Waals surface area contributed by atoms with Gasteiger partial charge in [-0.25, -0.2) is 19.9 Å². The molecule has 2 aliphatic rings. The van der Waals surface area contributed by atoms with Crippen molar-refractivity contribution < 1.29 is 0 Å². The highest BCUT2D eigenvalue weighted by Crippen LogP contribution is 2.23. The van der Waals surface area contributed by atoms with Crippen LogP contribution in [0.3, 0.4) is 0 Å². The lowest BCUT2D eigenvalue weighted by Crippen LogP contribution is -2.49. The Morgan fingerprint density at radius 3 is 1.70 bits per heavy atom. The van der Waals surface area contributed by atoms with Crippen LogP contribution < -0.4 is 31.6 Å². The van der Waals surface area contributed by atoms with Crippen LogP contribution in [0.5, 0.6) is 0 Å². The van der Waals surface area contributed by atoms with Crippen LogP contribution >= 0.6 is 22.7 Å². The summed E-state index contributed by atoms with van der Waals surface area (Å²) in [4.78, 5) is 47.6. The summed E-state index contributed by atoms with van der Waals surface area (Å²) in [7, 11) is 0. The first-order chi connectivity index (χ1) is 22.8. The zero-order valence-corrected chi connectivity index (χ0v) is 28.1. The topological polar surface area (TPSA) is 125 Å². The number of pyridine rings is 2. The molecule has 12 nitrogen and oxygen atoms in total. The van der Waals surface area contributed by atoms with Crippen molar-refractivity contribution in [3.8, 4) is 21.4 Å². The Morgan fingerprint density at radius 1 is 0.702 bits per heavy atom. The van der Waals surface area contributed by atoms with E-state index in [4.69, 9.17) is 0 Å². The Balaban J connectivity index is 0.000000150. The molecule has 0 aromatic carbocycles. The van der Waals surface area contributed by atoms with Crippen LogP contribution in [0.1, 0.15) is 18.3 Å². The van der Waals surface area contributed by atoms with Crippen molar-refractivity contribution in [3.05, 3.63) is 91.6 Å². The first-order valence-electron chi connectivity index (χ1n) is 15.7. The maximum atomic E-state index is 12.5. The number of thiazole rings is 2. The van der Waals surface area contributed by atoms with Gasteiger partial charge >= 0.3 is 0 Å². The molecule has 2 N–H and O–H groups in total. The van der Waals surface area contributed by atoms with Gasteiger partial charge in [-0.15, -0.1) is 22.7 Å². The predicted molar refractivity (Wildman–Crippen MR) is 189 cm³/mol. The van der Waals surface area contributed by atoms with Crippen LogP contribution in [-0.2, 0) is 0 Å². The second-order valence-electron chi connectivity index (χ2n) is 11.8. The largest absolute Gasteiger partial charge is 0.368 e. The van der Waals surface area contributed by atoms with Crippen molar-refractivity contribution in [2.24, 2.45) is 0 Å². The molecular weight excluding hydrogens is 633 g/mol. The quantitative estimate of drug-likeness (QED) is 0.289. The number of nitrogens with one attached hydrogen (secondary N) is 2. The summed E-state index contributed by atoms with van der Waals surface area (Å²) < 4.78 is 3.23. The van der Waals surface area contributed by atoms with Crippen LogP contribution in [0.15, 0.2) is 69.1 Å². The highest BCUT2D eigenvalue weighted by Gasteiger charge is 2.17. The van der Waals surface area contributed by atoms with E-state index in [9.17, 15) is 9.59 Å². The second kappa shape index (κ2) is 13.3. The Hall–Kier alpha value is -4.50. The predicted octanol–water partition coefficient (Wildman–Crippen LogP) is 3.46. The summed E-state index contributed by atoms with van der Waals surface area (Å²) in [6.45, 7) is 12.7. The number of nitrogens with zero attached hydrogens (tertiary/aromatic N) is 8. The van der Waals surface area contributed by atoms with E-state index in [1.165, 1.54) is 22.7 Å². The van der Waals surface area contributed by atoms with Crippen LogP contribution in [0.4, 0.5) is 11.4 Å². The number of hydrogen-bond donors (Lipinski definition) is 2. The number of aryl methyl sites for hydroxylation is 2. The maximum absolute atomic E-state index is 12.5. The van der Waals surface area contributed by atoms with Crippen LogP contribution in [0, 0.1) is 13.8 Å². The summed E-state index contributed by atoms with van der Waals surface area (Å²) in [5.74, 6) is 0. The Labute approximate surface area is 279 Å². The molecule has 2 fully saturated rings. The molecule has 0 unspecified atom stereocenters. The Bertz CT molecular complexity index is 2160. The van der Waals surface area contributed by atoms with Crippen molar-refractivity contribution in [2.75, 3.05) is 55.6 Å². The van der Waals surface area contributed by atoms with Crippen molar-refractivity contribution in [3.63, 3.8) is 0 Å². The van der Waals surface area contributed by atoms with Gasteiger partial charge in [-0.05, 0) is 45.0 Å². The van der Waals surface area contributed by atoms with E-state index >= 15 is 0 Å². The molecular formula is C33H36N10O2S2. The summed E-state index contributed by atoms with van der Waals surface area (Å²) >= 11 is 3.02. The van der Waals surface area contributed by atoms with Gasteiger partial charge in [-0.2, -0.15) is 0 Å². The van der Waals surface area contributed by atoms with Gasteiger partial charge in [0.1, 0.15) is 32.7 Å². The standard InChI is InChI=1S/C17H19N5OS.C16H17N5OS/c1-11-8-21(6-5-18-11)13-3-4-15-20-14(7-16(23)22(15)9-13)17-19-12(2)10-24-17;1-11-10-23-16(18-11)13-8-15(22)21-9-12(2-3-14(21)19-13)20-6-4-17-5-7-20/h3-4,7,9-11,18H,5-6,8H2,1-2H3;2-3,8-10,17H,4-7H2,1H3/t11-;/m0./s1. The van der Waals surface area contributed by atoms with Crippen LogP contribution in [0.25, 0.3) is 32.7 Å². The summed E-state index contributed by atoms with van der Waals surface area (Å²) in [6.07, 6.45) is 3.77. The van der Waals surface area contributed by atoms with E-state index in [0.29, 0.717) is 28.7 Å². The van der Waals surface area contributed by atoms with E-state index in [1.54, 1.807) is 20.9 Å². The van der Waals surface area contributed by atoms with Crippen molar-refractivity contribution >= 4 is 45.3 Å². The van der Waals surface area contributed by atoms with Gasteiger partial charge in [0, 0.05) is 98.5 Å². The first kappa shape index (κ1) is 31.1. The number of fused-ring (bicyclic) bond motifs is 2. The Kier molecular flexibility index (Phi) is 8.82. The lowest BCUT2D eigenvalue weighted by molar-refractivity contribution is 0.484. The fraction of sp³-hybridized carbons (Fsp3) is 0.333. The van der Waals surface area contributed by atoms with Crippen molar-refractivity contribution in [1.29, 1.82) is 0 Å². The van der Waals surface area contributed by atoms with Gasteiger partial charge in [0.2, 0.25) is 0 Å². The monoisotopic (exact) mass is 668 g/mol. The van der Waals surface area contributed by atoms with Crippen LogP contribution in [0.2, 0.25) is 0 Å². The lowest BCUT2D eigenvalue weighted by atomic mass is 10.2. The number of anilines is 2. The molecule has 14 heteroatoms. The number of rotatable bonds is 4. The van der Waals surface area contributed by atoms with Crippen molar-refractivity contribution in [1.82, 2.24) is 39.4 Å². The zero-order valence-electron chi connectivity index (χ0n) is 26.5. The third-order valence-corrected chi connectivity index (χ3v) is 10.1. The van der Waals surface area contributed by atoms with E-state index in [-0.39, 0.29) is 11.1 Å². The van der Waals surface area contributed by atoms with Gasteiger partial charge in [-0.3, -0.25) is 18.4 Å². The average molecular weight is 669 g/mol. The zero-order chi connectivity index (χ0) is 32.5. The molecule has 0 amide bonds. The number of hydrogen-bond acceptors (Lipinski definition) is 12. The Morgan fingerprint density at radius 2 is 1.21 bits per heavy atom. The molecule has 1 atom stereocenters. The second-order valence-corrected chi connectivity index (χ2v) is 13.5. The summed E-state index contributed by atoms with van der Waals surface area (Å²) in [5.41, 5.74) is 6.43. The molecule has 2 saturated heterocycles. The molecule has 0 saturated carbocycles. The summed E-state index contributed by atoms with van der Waals surface area (Å²) in [6, 6.07) is 11.5. The van der Waals surface area contributed by atoms with Crippen molar-refractivity contribution in [2.45, 2.75) is 26.8 Å². The molecule has 8 heterocycles. The van der Waals surface area contributed by atoms with Crippen LogP contribution in [-0.4, -0.2) is 80.6 Å². The van der Waals surface area contributed by atoms with Gasteiger partial charge < -0.3 is 20.4 Å². The summed E-state index contributed by atoms with van der Waals surface area (Å²) in [5, 5.41) is 12.3. The highest BCUT2D eigenvalue weighted by atomic mass is 32.1. The van der Waals surface area contributed by atoms with E-state index < -0.39 is 0 Å². The molecule has 0 aliphatic carbocycles. The first-order valence-corrected chi connectivity index (χ1v) is 17.4. The lowest BCUT2D eigenvalue weighted by Gasteiger charge is -2.33. The number of aromatic nitrogens is 6. The third-order valence-electron chi connectivity index (χ3n) is 8.18. The normalized spacial score (nSPS) is 16.8. The van der Waals surface area contributed by atoms with Gasteiger partial charge in [-0.1, -0.05) is 0 Å². The SMILES string of the molecule is Cc1csc(-c2cc(=O)n3cc(N4CCNCC4)ccc3n2)n1.Cc1csc(-c2cc(=O)n3cc(N4CCN[C@@H](C)C4)ccc3n2)n1. The molecule has 0 radical (unpaired) electrons. The maximum Gasteiger partial charge on any atom is 0.258 e. The molecule has 0 bridgehead atoms. The van der Waals surface area contributed by atoms with Gasteiger partial charge in [0.15, 0.2) is 0 Å². The highest BCUT2D eigenvalue weighted by molar-refractivity contribution is 7.13. The fourth-order valence-electron chi connectivity index (χ4n) is 5.81. The minimum Gasteiger partial charge on any atom is -0.368 e. The fourth-order valence-corrected chi connectivity index (χ4v) is 7.32. The molecule has 6 aromatic rings. The van der Waals surface area contributed by atoms with Gasteiger partial charge in [0.05, 0.1) is 11.4 Å². The third kappa shape index (κ3) is 6.81. The van der Waals surface area contributed by atoms with Gasteiger partial charge in [0.25, 0.3) is 11.1 Å².